The van der Waals surface area contributed by atoms with Gasteiger partial charge < -0.3 is 9.84 Å². The van der Waals surface area contributed by atoms with Gasteiger partial charge in [-0.05, 0) is 0 Å². The second kappa shape index (κ2) is 3.14. The molecule has 1 N–H and O–H groups in total. The van der Waals surface area contributed by atoms with Crippen LogP contribution in [0.5, 0.6) is 0 Å². The van der Waals surface area contributed by atoms with Crippen molar-refractivity contribution in [2.45, 2.75) is 19.6 Å². The minimum absolute atomic E-state index is 0.123. The molecule has 1 aromatic rings. The molecular formula is C7H9N3O3. The summed E-state index contributed by atoms with van der Waals surface area (Å²) in [5.41, 5.74) is 1.64. The van der Waals surface area contributed by atoms with E-state index in [9.17, 15) is 4.79 Å². The van der Waals surface area contributed by atoms with Crippen molar-refractivity contribution in [2.24, 2.45) is 0 Å². The van der Waals surface area contributed by atoms with E-state index in [1.165, 1.54) is 4.68 Å². The Kier molecular flexibility index (Phi) is 1.97. The molecule has 0 saturated heterocycles. The van der Waals surface area contributed by atoms with Crippen molar-refractivity contribution in [1.82, 2.24) is 15.0 Å². The summed E-state index contributed by atoms with van der Waals surface area (Å²) >= 11 is 0. The topological polar surface area (TPSA) is 77.2 Å². The van der Waals surface area contributed by atoms with Gasteiger partial charge in [0.25, 0.3) is 0 Å². The molecule has 6 heteroatoms. The summed E-state index contributed by atoms with van der Waals surface area (Å²) in [7, 11) is 0. The molecule has 0 aliphatic carbocycles. The van der Waals surface area contributed by atoms with Crippen LogP contribution in [0.1, 0.15) is 11.4 Å². The van der Waals surface area contributed by atoms with E-state index in [-0.39, 0.29) is 6.54 Å². The first-order valence-electron chi connectivity index (χ1n) is 3.98. The van der Waals surface area contributed by atoms with Crippen molar-refractivity contribution in [2.75, 3.05) is 6.61 Å². The summed E-state index contributed by atoms with van der Waals surface area (Å²) in [5.74, 6) is -0.904. The number of aliphatic carboxylic acids is 1. The van der Waals surface area contributed by atoms with Crippen LogP contribution in [0.3, 0.4) is 0 Å². The standard InChI is InChI=1S/C7H9N3O3/c11-7(12)3-10-6-1-2-13-4-5(6)8-9-10/h1-4H2,(H,11,12). The Balaban J connectivity index is 2.26. The fraction of sp³-hybridized carbons (Fsp3) is 0.571. The molecule has 1 aliphatic heterocycles. The van der Waals surface area contributed by atoms with Gasteiger partial charge in [0.05, 0.1) is 18.9 Å². The number of hydrogen-bond donors (Lipinski definition) is 1. The summed E-state index contributed by atoms with van der Waals surface area (Å²) in [5, 5.41) is 16.1. The number of carboxylic acids is 1. The third-order valence-corrected chi connectivity index (χ3v) is 1.93. The van der Waals surface area contributed by atoms with E-state index in [1.54, 1.807) is 0 Å². The van der Waals surface area contributed by atoms with Crippen molar-refractivity contribution in [3.63, 3.8) is 0 Å². The van der Waals surface area contributed by atoms with Crippen LogP contribution >= 0.6 is 0 Å². The molecule has 0 radical (unpaired) electrons. The summed E-state index contributed by atoms with van der Waals surface area (Å²) in [6, 6.07) is 0. The third-order valence-electron chi connectivity index (χ3n) is 1.93. The molecule has 0 bridgehead atoms. The van der Waals surface area contributed by atoms with E-state index in [1.807, 2.05) is 0 Å². The number of rotatable bonds is 2. The first-order chi connectivity index (χ1) is 6.27. The van der Waals surface area contributed by atoms with E-state index in [0.29, 0.717) is 19.6 Å². The van der Waals surface area contributed by atoms with Gasteiger partial charge in [-0.3, -0.25) is 4.79 Å². The molecule has 0 saturated carbocycles. The largest absolute Gasteiger partial charge is 0.480 e. The minimum atomic E-state index is -0.904. The van der Waals surface area contributed by atoms with Crippen molar-refractivity contribution >= 4 is 5.97 Å². The Morgan fingerprint density at radius 1 is 1.69 bits per heavy atom. The zero-order valence-corrected chi connectivity index (χ0v) is 6.93. The molecule has 0 fully saturated rings. The average molecular weight is 183 g/mol. The molecule has 0 amide bonds. The molecule has 0 atom stereocenters. The van der Waals surface area contributed by atoms with Crippen molar-refractivity contribution in [3.8, 4) is 0 Å². The lowest BCUT2D eigenvalue weighted by atomic mass is 10.2. The van der Waals surface area contributed by atoms with Gasteiger partial charge in [-0.1, -0.05) is 5.21 Å². The van der Waals surface area contributed by atoms with Crippen LogP contribution in [-0.4, -0.2) is 32.7 Å². The Labute approximate surface area is 74.1 Å². The van der Waals surface area contributed by atoms with E-state index in [4.69, 9.17) is 9.84 Å². The second-order valence-corrected chi connectivity index (χ2v) is 2.84. The fourth-order valence-electron chi connectivity index (χ4n) is 1.35. The van der Waals surface area contributed by atoms with Gasteiger partial charge in [0.2, 0.25) is 0 Å². The Hall–Kier alpha value is -1.43. The monoisotopic (exact) mass is 183 g/mol. The normalized spacial score (nSPS) is 15.4. The summed E-state index contributed by atoms with van der Waals surface area (Å²) in [6.07, 6.45) is 0.690. The van der Waals surface area contributed by atoms with Crippen LogP contribution in [0, 0.1) is 0 Å². The Bertz CT molecular complexity index is 334. The molecule has 2 heterocycles. The molecule has 6 nitrogen and oxygen atoms in total. The maximum atomic E-state index is 10.4. The number of hydrogen-bond acceptors (Lipinski definition) is 4. The maximum Gasteiger partial charge on any atom is 0.325 e. The van der Waals surface area contributed by atoms with Gasteiger partial charge in [-0.2, -0.15) is 0 Å². The third kappa shape index (κ3) is 1.52. The van der Waals surface area contributed by atoms with Crippen molar-refractivity contribution in [1.29, 1.82) is 0 Å². The fourth-order valence-corrected chi connectivity index (χ4v) is 1.35. The highest BCUT2D eigenvalue weighted by Crippen LogP contribution is 2.12. The number of ether oxygens (including phenoxy) is 1. The molecule has 0 unspecified atom stereocenters. The molecule has 1 aliphatic rings. The zero-order valence-electron chi connectivity index (χ0n) is 6.93. The highest BCUT2D eigenvalue weighted by atomic mass is 16.5. The molecule has 70 valence electrons. The smallest absolute Gasteiger partial charge is 0.325 e. The van der Waals surface area contributed by atoms with Crippen LogP contribution in [0.4, 0.5) is 0 Å². The molecule has 13 heavy (non-hydrogen) atoms. The quantitative estimate of drug-likeness (QED) is 0.664. The van der Waals surface area contributed by atoms with Gasteiger partial charge >= 0.3 is 5.97 Å². The van der Waals surface area contributed by atoms with Gasteiger partial charge in [0, 0.05) is 6.42 Å². The second-order valence-electron chi connectivity index (χ2n) is 2.84. The van der Waals surface area contributed by atoms with Gasteiger partial charge in [-0.25, -0.2) is 4.68 Å². The minimum Gasteiger partial charge on any atom is -0.480 e. The maximum absolute atomic E-state index is 10.4. The predicted octanol–water partition coefficient (Wildman–Crippen LogP) is -0.565. The van der Waals surface area contributed by atoms with E-state index >= 15 is 0 Å². The lowest BCUT2D eigenvalue weighted by molar-refractivity contribution is -0.138. The van der Waals surface area contributed by atoms with Gasteiger partial charge in [-0.15, -0.1) is 5.10 Å². The number of fused-ring (bicyclic) bond motifs is 1. The number of carboxylic acid groups (broad SMARTS) is 1. The van der Waals surface area contributed by atoms with Crippen LogP contribution in [-0.2, 0) is 29.1 Å². The Morgan fingerprint density at radius 3 is 3.31 bits per heavy atom. The van der Waals surface area contributed by atoms with E-state index in [0.717, 1.165) is 11.4 Å². The summed E-state index contributed by atoms with van der Waals surface area (Å²) in [6.45, 7) is 0.928. The lowest BCUT2D eigenvalue weighted by Crippen LogP contribution is -2.17. The van der Waals surface area contributed by atoms with Crippen molar-refractivity contribution < 1.29 is 14.6 Å². The number of carbonyl (C=O) groups is 1. The highest BCUT2D eigenvalue weighted by molar-refractivity contribution is 5.66. The average Bonchev–Trinajstić information content (AvgIpc) is 2.48. The molecular weight excluding hydrogens is 174 g/mol. The predicted molar refractivity (Wildman–Crippen MR) is 41.0 cm³/mol. The first-order valence-corrected chi connectivity index (χ1v) is 3.98. The number of nitrogens with zero attached hydrogens (tertiary/aromatic N) is 3. The molecule has 1 aromatic heterocycles. The molecule has 2 rings (SSSR count). The summed E-state index contributed by atoms with van der Waals surface area (Å²) < 4.78 is 6.57. The highest BCUT2D eigenvalue weighted by Gasteiger charge is 2.17. The van der Waals surface area contributed by atoms with Crippen LogP contribution in [0.15, 0.2) is 0 Å². The first kappa shape index (κ1) is 8.18. The van der Waals surface area contributed by atoms with Crippen LogP contribution < -0.4 is 0 Å². The van der Waals surface area contributed by atoms with Gasteiger partial charge in [0.1, 0.15) is 12.2 Å². The van der Waals surface area contributed by atoms with Gasteiger partial charge in [0.15, 0.2) is 0 Å². The molecule has 0 aromatic carbocycles. The Morgan fingerprint density at radius 2 is 2.54 bits per heavy atom. The van der Waals surface area contributed by atoms with Crippen molar-refractivity contribution in [3.05, 3.63) is 11.4 Å². The van der Waals surface area contributed by atoms with E-state index in [2.05, 4.69) is 10.3 Å². The molecule has 0 spiro atoms. The summed E-state index contributed by atoms with van der Waals surface area (Å²) in [4.78, 5) is 10.4. The van der Waals surface area contributed by atoms with Crippen LogP contribution in [0.2, 0.25) is 0 Å². The SMILES string of the molecule is O=C(O)Cn1nnc2c1CCOC2. The number of aromatic nitrogens is 3. The van der Waals surface area contributed by atoms with E-state index < -0.39 is 5.97 Å². The lowest BCUT2D eigenvalue weighted by Gasteiger charge is -2.11. The van der Waals surface area contributed by atoms with Crippen LogP contribution in [0.25, 0.3) is 0 Å². The zero-order chi connectivity index (χ0) is 9.26.